The van der Waals surface area contributed by atoms with E-state index in [4.69, 9.17) is 9.47 Å². The molecule has 0 saturated heterocycles. The normalized spacial score (nSPS) is 10.2. The monoisotopic (exact) mass is 284 g/mol. The second kappa shape index (κ2) is 6.70. The van der Waals surface area contributed by atoms with Crippen LogP contribution in [0.3, 0.4) is 0 Å². The van der Waals surface area contributed by atoms with E-state index in [9.17, 15) is 9.59 Å². The van der Waals surface area contributed by atoms with Crippen LogP contribution in [0.5, 0.6) is 5.75 Å². The summed E-state index contributed by atoms with van der Waals surface area (Å²) < 4.78 is 10.4. The van der Waals surface area contributed by atoms with Crippen molar-refractivity contribution in [3.05, 3.63) is 65.7 Å². The molecular weight excluding hydrogens is 268 g/mol. The molecule has 0 amide bonds. The molecule has 0 bridgehead atoms. The molecule has 2 rings (SSSR count). The van der Waals surface area contributed by atoms with Crippen molar-refractivity contribution < 1.29 is 19.1 Å². The van der Waals surface area contributed by atoms with Gasteiger partial charge in [0.25, 0.3) is 0 Å². The molecule has 2 aromatic rings. The second-order valence-electron chi connectivity index (χ2n) is 4.74. The molecule has 2 aromatic carbocycles. The Hall–Kier alpha value is -2.62. The van der Waals surface area contributed by atoms with Gasteiger partial charge in [-0.1, -0.05) is 24.3 Å². The predicted octanol–water partition coefficient (Wildman–Crippen LogP) is 3.47. The van der Waals surface area contributed by atoms with E-state index >= 15 is 0 Å². The van der Waals surface area contributed by atoms with Crippen molar-refractivity contribution >= 4 is 11.9 Å². The number of ether oxygens (including phenoxy) is 2. The summed E-state index contributed by atoms with van der Waals surface area (Å²) >= 11 is 0. The molecule has 21 heavy (non-hydrogen) atoms. The van der Waals surface area contributed by atoms with Gasteiger partial charge in [-0.05, 0) is 44.2 Å². The van der Waals surface area contributed by atoms with Crippen LogP contribution in [-0.4, -0.2) is 18.0 Å². The first kappa shape index (κ1) is 14.8. The number of benzene rings is 2. The Kier molecular flexibility index (Phi) is 4.72. The van der Waals surface area contributed by atoms with Crippen LogP contribution in [0.4, 0.5) is 0 Å². The lowest BCUT2D eigenvalue weighted by molar-refractivity contribution is 0.0376. The molecule has 0 aromatic heterocycles. The standard InChI is InChI=1S/C17H16O4/c1-12(2)20-17(19)14-9-6-10-15(11-14)21-16(18)13-7-4-3-5-8-13/h3-12H,1-2H3. The molecule has 108 valence electrons. The largest absolute Gasteiger partial charge is 0.459 e. The summed E-state index contributed by atoms with van der Waals surface area (Å²) in [6.45, 7) is 3.55. The zero-order chi connectivity index (χ0) is 15.2. The Balaban J connectivity index is 2.11. The molecule has 0 radical (unpaired) electrons. The fourth-order valence-corrected chi connectivity index (χ4v) is 1.71. The maximum Gasteiger partial charge on any atom is 0.343 e. The minimum Gasteiger partial charge on any atom is -0.459 e. The molecule has 0 heterocycles. The van der Waals surface area contributed by atoms with Crippen molar-refractivity contribution in [2.24, 2.45) is 0 Å². The first-order valence-corrected chi connectivity index (χ1v) is 6.64. The van der Waals surface area contributed by atoms with Crippen LogP contribution >= 0.6 is 0 Å². The van der Waals surface area contributed by atoms with Crippen LogP contribution in [0.25, 0.3) is 0 Å². The van der Waals surface area contributed by atoms with E-state index in [1.807, 2.05) is 6.07 Å². The Morgan fingerprint density at radius 2 is 1.52 bits per heavy atom. The van der Waals surface area contributed by atoms with Gasteiger partial charge in [0.15, 0.2) is 0 Å². The fraction of sp³-hybridized carbons (Fsp3) is 0.176. The first-order valence-electron chi connectivity index (χ1n) is 6.64. The summed E-state index contributed by atoms with van der Waals surface area (Å²) in [5, 5.41) is 0. The van der Waals surface area contributed by atoms with Gasteiger partial charge in [-0.3, -0.25) is 0 Å². The van der Waals surface area contributed by atoms with Gasteiger partial charge in [0, 0.05) is 0 Å². The first-order chi connectivity index (χ1) is 10.1. The molecule has 0 aliphatic rings. The van der Waals surface area contributed by atoms with Crippen LogP contribution in [0.15, 0.2) is 54.6 Å². The second-order valence-corrected chi connectivity index (χ2v) is 4.74. The summed E-state index contributed by atoms with van der Waals surface area (Å²) in [6.07, 6.45) is -0.201. The Morgan fingerprint density at radius 3 is 2.19 bits per heavy atom. The minimum absolute atomic E-state index is 0.201. The van der Waals surface area contributed by atoms with Crippen LogP contribution < -0.4 is 4.74 Å². The average molecular weight is 284 g/mol. The topological polar surface area (TPSA) is 52.6 Å². The van der Waals surface area contributed by atoms with Gasteiger partial charge >= 0.3 is 11.9 Å². The van der Waals surface area contributed by atoms with Gasteiger partial charge < -0.3 is 9.47 Å². The van der Waals surface area contributed by atoms with Gasteiger partial charge in [0.2, 0.25) is 0 Å². The predicted molar refractivity (Wildman–Crippen MR) is 78.4 cm³/mol. The molecule has 0 spiro atoms. The van der Waals surface area contributed by atoms with Gasteiger partial charge in [0.1, 0.15) is 5.75 Å². The molecule has 4 nitrogen and oxygen atoms in total. The van der Waals surface area contributed by atoms with Crippen LogP contribution in [0, 0.1) is 0 Å². The van der Waals surface area contributed by atoms with E-state index in [-0.39, 0.29) is 6.10 Å². The highest BCUT2D eigenvalue weighted by atomic mass is 16.5. The Bertz CT molecular complexity index is 632. The third-order valence-electron chi connectivity index (χ3n) is 2.63. The summed E-state index contributed by atoms with van der Waals surface area (Å²) in [5.74, 6) is -0.602. The number of hydrogen-bond acceptors (Lipinski definition) is 4. The van der Waals surface area contributed by atoms with Crippen molar-refractivity contribution in [3.8, 4) is 5.75 Å². The quantitative estimate of drug-likeness (QED) is 0.637. The van der Waals surface area contributed by atoms with E-state index < -0.39 is 11.9 Å². The molecule has 0 saturated carbocycles. The SMILES string of the molecule is CC(C)OC(=O)c1cccc(OC(=O)c2ccccc2)c1. The molecule has 0 fully saturated rings. The van der Waals surface area contributed by atoms with Crippen LogP contribution in [0.1, 0.15) is 34.6 Å². The van der Waals surface area contributed by atoms with E-state index in [0.29, 0.717) is 16.9 Å². The molecule has 0 atom stereocenters. The maximum atomic E-state index is 11.9. The molecule has 0 aliphatic carbocycles. The Labute approximate surface area is 123 Å². The van der Waals surface area contributed by atoms with Crippen molar-refractivity contribution in [2.75, 3.05) is 0 Å². The van der Waals surface area contributed by atoms with E-state index in [1.165, 1.54) is 6.07 Å². The lowest BCUT2D eigenvalue weighted by atomic mass is 10.2. The average Bonchev–Trinajstić information content (AvgIpc) is 2.47. The summed E-state index contributed by atoms with van der Waals surface area (Å²) in [5.41, 5.74) is 0.801. The fourth-order valence-electron chi connectivity index (χ4n) is 1.71. The maximum absolute atomic E-state index is 11.9. The molecular formula is C17H16O4. The lowest BCUT2D eigenvalue weighted by Crippen LogP contribution is -2.12. The highest BCUT2D eigenvalue weighted by Crippen LogP contribution is 2.16. The van der Waals surface area contributed by atoms with E-state index in [0.717, 1.165) is 0 Å². The van der Waals surface area contributed by atoms with Gasteiger partial charge in [-0.2, -0.15) is 0 Å². The lowest BCUT2D eigenvalue weighted by Gasteiger charge is -2.09. The highest BCUT2D eigenvalue weighted by Gasteiger charge is 2.12. The van der Waals surface area contributed by atoms with Crippen molar-refractivity contribution in [1.82, 2.24) is 0 Å². The van der Waals surface area contributed by atoms with Crippen molar-refractivity contribution in [2.45, 2.75) is 20.0 Å². The van der Waals surface area contributed by atoms with Crippen LogP contribution in [-0.2, 0) is 4.74 Å². The van der Waals surface area contributed by atoms with Crippen molar-refractivity contribution in [1.29, 1.82) is 0 Å². The third-order valence-corrected chi connectivity index (χ3v) is 2.63. The zero-order valence-electron chi connectivity index (χ0n) is 11.9. The minimum atomic E-state index is -0.468. The molecule has 4 heteroatoms. The molecule has 0 N–H and O–H groups in total. The number of esters is 2. The highest BCUT2D eigenvalue weighted by molar-refractivity contribution is 5.92. The number of hydrogen-bond donors (Lipinski definition) is 0. The molecule has 0 unspecified atom stereocenters. The number of carbonyl (C=O) groups is 2. The van der Waals surface area contributed by atoms with Gasteiger partial charge in [-0.25, -0.2) is 9.59 Å². The zero-order valence-corrected chi connectivity index (χ0v) is 11.9. The van der Waals surface area contributed by atoms with E-state index in [2.05, 4.69) is 0 Å². The van der Waals surface area contributed by atoms with E-state index in [1.54, 1.807) is 56.3 Å². The number of rotatable bonds is 4. The summed E-state index contributed by atoms with van der Waals surface area (Å²) in [4.78, 5) is 23.7. The number of carbonyl (C=O) groups excluding carboxylic acids is 2. The van der Waals surface area contributed by atoms with Gasteiger partial charge in [0.05, 0.1) is 17.2 Å². The Morgan fingerprint density at radius 1 is 0.857 bits per heavy atom. The third kappa shape index (κ3) is 4.18. The van der Waals surface area contributed by atoms with Gasteiger partial charge in [-0.15, -0.1) is 0 Å². The molecule has 0 aliphatic heterocycles. The van der Waals surface area contributed by atoms with Crippen LogP contribution in [0.2, 0.25) is 0 Å². The smallest absolute Gasteiger partial charge is 0.343 e. The summed E-state index contributed by atoms with van der Waals surface area (Å²) in [6, 6.07) is 15.0. The van der Waals surface area contributed by atoms with Crippen molar-refractivity contribution in [3.63, 3.8) is 0 Å². The summed E-state index contributed by atoms with van der Waals surface area (Å²) in [7, 11) is 0.